The zero-order chi connectivity index (χ0) is 32.2. The number of hydrogen-bond acceptors (Lipinski definition) is 7. The van der Waals surface area contributed by atoms with E-state index in [0.29, 0.717) is 28.9 Å². The molecular weight excluding hydrogens is 594 g/mol. The minimum Gasteiger partial charge on any atom is -0.480 e. The minimum atomic E-state index is -4.73. The number of carboxylic acids is 1. The van der Waals surface area contributed by atoms with Crippen LogP contribution in [0, 0.1) is 11.6 Å². The average Bonchev–Trinajstić information content (AvgIpc) is 3.49. The van der Waals surface area contributed by atoms with Crippen molar-refractivity contribution in [2.24, 2.45) is 0 Å². The number of benzene rings is 1. The molecule has 2 aliphatic rings. The molecule has 1 aromatic carbocycles. The van der Waals surface area contributed by atoms with E-state index in [1.165, 1.54) is 6.20 Å². The summed E-state index contributed by atoms with van der Waals surface area (Å²) in [5, 5.41) is 12.0. The molecule has 2 unspecified atom stereocenters. The molecule has 3 aromatic rings. The maximum Gasteiger partial charge on any atom is 0.498 e. The molecule has 4 heterocycles. The highest BCUT2D eigenvalue weighted by Gasteiger charge is 2.52. The Morgan fingerprint density at radius 1 is 1.14 bits per heavy atom. The van der Waals surface area contributed by atoms with Crippen molar-refractivity contribution in [1.82, 2.24) is 14.7 Å². The Kier molecular flexibility index (Phi) is 8.14. The number of aromatic nitrogens is 2. The quantitative estimate of drug-likeness (QED) is 0.305. The van der Waals surface area contributed by atoms with Gasteiger partial charge in [0.2, 0.25) is 0 Å². The number of fused-ring (bicyclic) bond motifs is 1. The molecule has 2 aromatic heterocycles. The Morgan fingerprint density at radius 3 is 2.36 bits per heavy atom. The van der Waals surface area contributed by atoms with Crippen molar-refractivity contribution in [3.8, 4) is 0 Å². The van der Waals surface area contributed by atoms with Crippen molar-refractivity contribution in [2.75, 3.05) is 24.7 Å². The highest BCUT2D eigenvalue weighted by Crippen LogP contribution is 2.37. The number of ether oxygens (including phenoxy) is 1. The normalized spacial score (nSPS) is 20.6. The van der Waals surface area contributed by atoms with Crippen molar-refractivity contribution in [2.45, 2.75) is 63.6 Å². The third kappa shape index (κ3) is 5.85. The lowest BCUT2D eigenvalue weighted by atomic mass is 9.79. The van der Waals surface area contributed by atoms with E-state index in [9.17, 15) is 27.9 Å². The molecule has 16 heteroatoms. The monoisotopic (exact) mass is 624 g/mol. The summed E-state index contributed by atoms with van der Waals surface area (Å²) in [6.45, 7) is 6.47. The van der Waals surface area contributed by atoms with E-state index in [1.54, 1.807) is 22.7 Å². The number of halogens is 5. The van der Waals surface area contributed by atoms with Crippen molar-refractivity contribution >= 4 is 35.8 Å². The first-order valence-electron chi connectivity index (χ1n) is 13.7. The number of pyridine rings is 1. The Hall–Kier alpha value is -3.76. The van der Waals surface area contributed by atoms with E-state index < -0.39 is 77.9 Å². The maximum absolute atomic E-state index is 15.1. The number of amides is 1. The third-order valence-electron chi connectivity index (χ3n) is 8.28. The number of anilines is 1. The standard InChI is InChI=1S/C28H30BF5N4O6/c1-26(2)27(3,4)44-29(43-26)17-6-5-15(38-8-7-35-23(17)38)13-20(25(40)41)36-24(39)22-18(30)11-16(12-19(22)31)37-9-10-42-14-21(37)28(32,33)34/h5-8,11-12,20-21H,9-10,13-14H2,1-4H3,(H,36,39)(H,40,41). The van der Waals surface area contributed by atoms with Crippen molar-refractivity contribution in [3.05, 3.63) is 59.6 Å². The SMILES string of the molecule is CC1(C)OB(c2ccc(CC(NC(=O)c3c(F)cc(N4CCOCC4C(F)(F)F)cc3F)C(=O)O)n3ccnc23)OC1(C)C. The summed E-state index contributed by atoms with van der Waals surface area (Å²) in [4.78, 5) is 30.2. The van der Waals surface area contributed by atoms with Gasteiger partial charge in [0.25, 0.3) is 5.91 Å². The molecule has 5 rings (SSSR count). The highest BCUT2D eigenvalue weighted by molar-refractivity contribution is 6.64. The van der Waals surface area contributed by atoms with Gasteiger partial charge in [-0.05, 0) is 45.9 Å². The number of carbonyl (C=O) groups is 2. The lowest BCUT2D eigenvalue weighted by Gasteiger charge is -2.38. The van der Waals surface area contributed by atoms with E-state index in [0.717, 1.165) is 4.90 Å². The zero-order valence-electron chi connectivity index (χ0n) is 24.2. The van der Waals surface area contributed by atoms with Gasteiger partial charge in [-0.1, -0.05) is 6.07 Å². The summed E-state index contributed by atoms with van der Waals surface area (Å²) in [5.41, 5.74) is -1.39. The first-order chi connectivity index (χ1) is 20.5. The van der Waals surface area contributed by atoms with Gasteiger partial charge in [-0.2, -0.15) is 13.2 Å². The minimum absolute atomic E-state index is 0.0970. The van der Waals surface area contributed by atoms with Crippen LogP contribution < -0.4 is 15.7 Å². The van der Waals surface area contributed by atoms with Gasteiger partial charge in [-0.25, -0.2) is 18.6 Å². The van der Waals surface area contributed by atoms with Crippen LogP contribution in [0.1, 0.15) is 43.7 Å². The molecule has 2 aliphatic heterocycles. The fourth-order valence-electron chi connectivity index (χ4n) is 5.18. The molecule has 10 nitrogen and oxygen atoms in total. The Bertz CT molecular complexity index is 1560. The van der Waals surface area contributed by atoms with Crippen LogP contribution in [0.4, 0.5) is 27.6 Å². The molecular formula is C28H30BF5N4O6. The van der Waals surface area contributed by atoms with Crippen molar-refractivity contribution < 1.29 is 50.7 Å². The van der Waals surface area contributed by atoms with Gasteiger partial charge < -0.3 is 33.8 Å². The molecule has 0 aliphatic carbocycles. The molecule has 0 radical (unpaired) electrons. The average molecular weight is 624 g/mol. The van der Waals surface area contributed by atoms with E-state index in [4.69, 9.17) is 14.0 Å². The molecule has 2 N–H and O–H groups in total. The number of aliphatic carboxylic acids is 1. The number of imidazole rings is 1. The van der Waals surface area contributed by atoms with E-state index in [-0.39, 0.29) is 19.6 Å². The molecule has 0 saturated carbocycles. The summed E-state index contributed by atoms with van der Waals surface area (Å²) in [5.74, 6) is -5.76. The number of morpholine rings is 1. The molecule has 2 saturated heterocycles. The van der Waals surface area contributed by atoms with Gasteiger partial charge in [0.1, 0.15) is 34.9 Å². The number of alkyl halides is 3. The summed E-state index contributed by atoms with van der Waals surface area (Å²) < 4.78 is 89.3. The van der Waals surface area contributed by atoms with Crippen molar-refractivity contribution in [1.29, 1.82) is 0 Å². The number of carboxylic acid groups (broad SMARTS) is 1. The molecule has 0 spiro atoms. The van der Waals surface area contributed by atoms with Crippen LogP contribution in [0.2, 0.25) is 0 Å². The lowest BCUT2D eigenvalue weighted by Crippen LogP contribution is -2.53. The van der Waals surface area contributed by atoms with Gasteiger partial charge in [0.05, 0.1) is 24.4 Å². The fourth-order valence-corrected chi connectivity index (χ4v) is 5.18. The summed E-state index contributed by atoms with van der Waals surface area (Å²) in [6.07, 6.45) is -1.97. The zero-order valence-corrected chi connectivity index (χ0v) is 24.2. The van der Waals surface area contributed by atoms with E-state index in [2.05, 4.69) is 10.3 Å². The maximum atomic E-state index is 15.1. The lowest BCUT2D eigenvalue weighted by molar-refractivity contribution is -0.167. The Balaban J connectivity index is 1.37. The highest BCUT2D eigenvalue weighted by atomic mass is 19.4. The summed E-state index contributed by atoms with van der Waals surface area (Å²) >= 11 is 0. The topological polar surface area (TPSA) is 115 Å². The second-order valence-corrected chi connectivity index (χ2v) is 11.7. The summed E-state index contributed by atoms with van der Waals surface area (Å²) in [7, 11) is -0.758. The van der Waals surface area contributed by atoms with Crippen LogP contribution in [-0.2, 0) is 25.3 Å². The second-order valence-electron chi connectivity index (χ2n) is 11.7. The first-order valence-corrected chi connectivity index (χ1v) is 13.7. The van der Waals surface area contributed by atoms with E-state index >= 15 is 8.78 Å². The van der Waals surface area contributed by atoms with Crippen LogP contribution in [0.3, 0.4) is 0 Å². The van der Waals surface area contributed by atoms with Crippen LogP contribution in [0.25, 0.3) is 5.65 Å². The van der Waals surface area contributed by atoms with Gasteiger partial charge in [-0.15, -0.1) is 0 Å². The van der Waals surface area contributed by atoms with Gasteiger partial charge in [0.15, 0.2) is 0 Å². The van der Waals surface area contributed by atoms with Gasteiger partial charge in [0, 0.05) is 42.2 Å². The Labute approximate surface area is 249 Å². The van der Waals surface area contributed by atoms with Crippen LogP contribution >= 0.6 is 0 Å². The molecule has 0 bridgehead atoms. The summed E-state index contributed by atoms with van der Waals surface area (Å²) in [6, 6.07) is 0.721. The predicted octanol–water partition coefficient (Wildman–Crippen LogP) is 3.10. The Morgan fingerprint density at radius 2 is 1.77 bits per heavy atom. The first kappa shape index (κ1) is 31.7. The molecule has 44 heavy (non-hydrogen) atoms. The van der Waals surface area contributed by atoms with Gasteiger partial charge in [-0.3, -0.25) is 4.79 Å². The number of hydrogen-bond donors (Lipinski definition) is 2. The van der Waals surface area contributed by atoms with Crippen LogP contribution in [0.15, 0.2) is 36.7 Å². The van der Waals surface area contributed by atoms with Crippen molar-refractivity contribution in [3.63, 3.8) is 0 Å². The van der Waals surface area contributed by atoms with Crippen LogP contribution in [-0.4, -0.2) is 82.7 Å². The smallest absolute Gasteiger partial charge is 0.480 e. The van der Waals surface area contributed by atoms with Gasteiger partial charge >= 0.3 is 19.3 Å². The van der Waals surface area contributed by atoms with Crippen LogP contribution in [0.5, 0.6) is 0 Å². The second kappa shape index (κ2) is 11.3. The number of nitrogens with zero attached hydrogens (tertiary/aromatic N) is 3. The number of rotatable bonds is 7. The van der Waals surface area contributed by atoms with E-state index in [1.807, 2.05) is 27.7 Å². The molecule has 2 atom stereocenters. The third-order valence-corrected chi connectivity index (χ3v) is 8.28. The number of carbonyl (C=O) groups excluding carboxylic acids is 1. The molecule has 1 amide bonds. The fraction of sp³-hybridized carbons (Fsp3) is 0.464. The largest absolute Gasteiger partial charge is 0.498 e. The molecule has 236 valence electrons. The molecule has 2 fully saturated rings. The number of nitrogens with one attached hydrogen (secondary N) is 1. The predicted molar refractivity (Wildman–Crippen MR) is 148 cm³/mol.